The highest BCUT2D eigenvalue weighted by molar-refractivity contribution is 14.0. The molecule has 140 valence electrons. The van der Waals surface area contributed by atoms with Crippen molar-refractivity contribution in [2.24, 2.45) is 4.99 Å². The average Bonchev–Trinajstić information content (AvgIpc) is 3.02. The van der Waals surface area contributed by atoms with E-state index in [1.165, 1.54) is 0 Å². The number of guanidine groups is 1. The molecular formula is C17H27ClIN5O. The lowest BCUT2D eigenvalue weighted by Gasteiger charge is -2.20. The molecule has 8 heteroatoms. The fraction of sp³-hybridized carbons (Fsp3) is 0.529. The summed E-state index contributed by atoms with van der Waals surface area (Å²) in [6, 6.07) is 8.20. The summed E-state index contributed by atoms with van der Waals surface area (Å²) >= 11 is 6.07. The Morgan fingerprint density at radius 2 is 2.08 bits per heavy atom. The molecule has 1 amide bonds. The van der Waals surface area contributed by atoms with Crippen LogP contribution in [0.1, 0.15) is 20.3 Å². The second-order valence-corrected chi connectivity index (χ2v) is 6.14. The molecule has 0 bridgehead atoms. The lowest BCUT2D eigenvalue weighted by Crippen LogP contribution is -2.45. The van der Waals surface area contributed by atoms with E-state index >= 15 is 0 Å². The van der Waals surface area contributed by atoms with Crippen LogP contribution in [0.3, 0.4) is 0 Å². The van der Waals surface area contributed by atoms with Crippen LogP contribution in [0.15, 0.2) is 29.3 Å². The molecule has 1 atom stereocenters. The highest BCUT2D eigenvalue weighted by Crippen LogP contribution is 2.23. The van der Waals surface area contributed by atoms with E-state index in [0.29, 0.717) is 12.5 Å². The zero-order valence-electron chi connectivity index (χ0n) is 14.7. The topological polar surface area (TPSA) is 68.8 Å². The largest absolute Gasteiger partial charge is 0.369 e. The van der Waals surface area contributed by atoms with E-state index in [4.69, 9.17) is 11.6 Å². The zero-order chi connectivity index (χ0) is 17.4. The smallest absolute Gasteiger partial charge is 0.241 e. The van der Waals surface area contributed by atoms with Crippen molar-refractivity contribution in [1.82, 2.24) is 16.0 Å². The lowest BCUT2D eigenvalue weighted by atomic mass is 10.3. The van der Waals surface area contributed by atoms with Crippen molar-refractivity contribution in [1.29, 1.82) is 0 Å². The highest BCUT2D eigenvalue weighted by Gasteiger charge is 2.23. The molecule has 1 aromatic rings. The first-order chi connectivity index (χ1) is 11.6. The standard InChI is InChI=1S/C17H26ClN5O.HI/c1-3-19-16(24)11-21-17(20-4-2)22-14-8-9-23(12-14)15-7-5-6-13(18)10-15;/h5-7,10,14H,3-4,8-9,11-12H2,1-2H3,(H,19,24)(H2,20,21,22);1H. The molecule has 1 unspecified atom stereocenters. The number of amides is 1. The molecule has 1 fully saturated rings. The Hall–Kier alpha value is -1.22. The van der Waals surface area contributed by atoms with Crippen molar-refractivity contribution in [3.63, 3.8) is 0 Å². The van der Waals surface area contributed by atoms with Crippen LogP contribution in [-0.2, 0) is 4.79 Å². The number of hydrogen-bond donors (Lipinski definition) is 3. The van der Waals surface area contributed by atoms with Gasteiger partial charge in [-0.2, -0.15) is 0 Å². The van der Waals surface area contributed by atoms with Gasteiger partial charge in [-0.15, -0.1) is 24.0 Å². The van der Waals surface area contributed by atoms with Crippen LogP contribution >= 0.6 is 35.6 Å². The third kappa shape index (κ3) is 7.27. The number of nitrogens with zero attached hydrogens (tertiary/aromatic N) is 2. The summed E-state index contributed by atoms with van der Waals surface area (Å²) in [5.41, 5.74) is 1.14. The second-order valence-electron chi connectivity index (χ2n) is 5.70. The van der Waals surface area contributed by atoms with Crippen molar-refractivity contribution in [2.75, 3.05) is 37.6 Å². The minimum absolute atomic E-state index is 0. The van der Waals surface area contributed by atoms with E-state index in [0.717, 1.165) is 36.8 Å². The van der Waals surface area contributed by atoms with Gasteiger partial charge < -0.3 is 20.9 Å². The van der Waals surface area contributed by atoms with Gasteiger partial charge >= 0.3 is 0 Å². The van der Waals surface area contributed by atoms with Crippen LogP contribution in [0.25, 0.3) is 0 Å². The molecular weight excluding hydrogens is 453 g/mol. The Kier molecular flexibility index (Phi) is 9.96. The Morgan fingerprint density at radius 1 is 1.32 bits per heavy atom. The number of carbonyl (C=O) groups excluding carboxylic acids is 1. The van der Waals surface area contributed by atoms with Gasteiger partial charge in [0.2, 0.25) is 5.91 Å². The average molecular weight is 480 g/mol. The molecule has 0 aliphatic carbocycles. The molecule has 0 radical (unpaired) electrons. The summed E-state index contributed by atoms with van der Waals surface area (Å²) in [6.07, 6.45) is 1.01. The number of likely N-dealkylation sites (N-methyl/N-ethyl adjacent to an activating group) is 1. The molecule has 1 aliphatic heterocycles. The SMILES string of the molecule is CCNC(=O)CN=C(NCC)NC1CCN(c2cccc(Cl)c2)C1.I. The summed E-state index contributed by atoms with van der Waals surface area (Å²) in [6.45, 7) is 7.26. The minimum Gasteiger partial charge on any atom is -0.369 e. The Balaban J connectivity index is 0.00000312. The number of nitrogens with one attached hydrogen (secondary N) is 3. The molecule has 2 rings (SSSR count). The highest BCUT2D eigenvalue weighted by atomic mass is 127. The quantitative estimate of drug-likeness (QED) is 0.333. The van der Waals surface area contributed by atoms with Crippen LogP contribution in [0.4, 0.5) is 5.69 Å². The lowest BCUT2D eigenvalue weighted by molar-refractivity contribution is -0.119. The van der Waals surface area contributed by atoms with Crippen molar-refractivity contribution < 1.29 is 4.79 Å². The number of rotatable bonds is 6. The molecule has 1 aromatic carbocycles. The van der Waals surface area contributed by atoms with Crippen molar-refractivity contribution in [3.05, 3.63) is 29.3 Å². The van der Waals surface area contributed by atoms with Crippen molar-refractivity contribution >= 4 is 53.1 Å². The molecule has 1 aliphatic rings. The molecule has 25 heavy (non-hydrogen) atoms. The minimum atomic E-state index is -0.0679. The predicted molar refractivity (Wildman–Crippen MR) is 115 cm³/mol. The van der Waals surface area contributed by atoms with Crippen LogP contribution in [0.2, 0.25) is 5.02 Å². The normalized spacial score (nSPS) is 17.0. The molecule has 0 spiro atoms. The third-order valence-corrected chi connectivity index (χ3v) is 4.04. The maximum Gasteiger partial charge on any atom is 0.241 e. The summed E-state index contributed by atoms with van der Waals surface area (Å²) in [5, 5.41) is 10.1. The van der Waals surface area contributed by atoms with E-state index in [-0.39, 0.29) is 42.5 Å². The third-order valence-electron chi connectivity index (χ3n) is 3.80. The van der Waals surface area contributed by atoms with Gasteiger partial charge in [0, 0.05) is 42.9 Å². The number of anilines is 1. The van der Waals surface area contributed by atoms with Crippen LogP contribution < -0.4 is 20.9 Å². The van der Waals surface area contributed by atoms with E-state index in [1.807, 2.05) is 32.0 Å². The fourth-order valence-corrected chi connectivity index (χ4v) is 2.89. The van der Waals surface area contributed by atoms with Gasteiger partial charge in [-0.1, -0.05) is 17.7 Å². The molecule has 3 N–H and O–H groups in total. The van der Waals surface area contributed by atoms with Gasteiger partial charge in [-0.3, -0.25) is 4.79 Å². The summed E-state index contributed by atoms with van der Waals surface area (Å²) < 4.78 is 0. The molecule has 0 saturated carbocycles. The Morgan fingerprint density at radius 3 is 2.76 bits per heavy atom. The van der Waals surface area contributed by atoms with Crippen molar-refractivity contribution in [3.8, 4) is 0 Å². The fourth-order valence-electron chi connectivity index (χ4n) is 2.70. The first-order valence-electron chi connectivity index (χ1n) is 8.44. The maximum atomic E-state index is 11.6. The van der Waals surface area contributed by atoms with E-state index in [9.17, 15) is 4.79 Å². The molecule has 6 nitrogen and oxygen atoms in total. The van der Waals surface area contributed by atoms with Crippen LogP contribution in [0.5, 0.6) is 0 Å². The van der Waals surface area contributed by atoms with E-state index < -0.39 is 0 Å². The van der Waals surface area contributed by atoms with E-state index in [2.05, 4.69) is 31.9 Å². The van der Waals surface area contributed by atoms with Gasteiger partial charge in [-0.25, -0.2) is 4.99 Å². The number of aliphatic imine (C=N–C) groups is 1. The number of halogens is 2. The van der Waals surface area contributed by atoms with Gasteiger partial charge in [0.25, 0.3) is 0 Å². The first kappa shape index (κ1) is 21.8. The molecule has 1 saturated heterocycles. The zero-order valence-corrected chi connectivity index (χ0v) is 17.8. The van der Waals surface area contributed by atoms with Crippen LogP contribution in [-0.4, -0.2) is 50.6 Å². The van der Waals surface area contributed by atoms with Crippen LogP contribution in [0, 0.1) is 0 Å². The maximum absolute atomic E-state index is 11.6. The first-order valence-corrected chi connectivity index (χ1v) is 8.82. The Bertz CT molecular complexity index is 584. The number of carbonyl (C=O) groups is 1. The summed E-state index contributed by atoms with van der Waals surface area (Å²) in [7, 11) is 0. The van der Waals surface area contributed by atoms with Crippen molar-refractivity contribution in [2.45, 2.75) is 26.3 Å². The number of hydrogen-bond acceptors (Lipinski definition) is 3. The second kappa shape index (κ2) is 11.4. The van der Waals surface area contributed by atoms with Gasteiger partial charge in [0.05, 0.1) is 0 Å². The monoisotopic (exact) mass is 479 g/mol. The summed E-state index contributed by atoms with van der Waals surface area (Å²) in [5.74, 6) is 0.614. The van der Waals surface area contributed by atoms with E-state index in [1.54, 1.807) is 0 Å². The summed E-state index contributed by atoms with van der Waals surface area (Å²) in [4.78, 5) is 18.2. The molecule has 1 heterocycles. The van der Waals surface area contributed by atoms with Gasteiger partial charge in [0.1, 0.15) is 6.54 Å². The van der Waals surface area contributed by atoms with Gasteiger partial charge in [-0.05, 0) is 38.5 Å². The van der Waals surface area contributed by atoms with Gasteiger partial charge in [0.15, 0.2) is 5.96 Å². The predicted octanol–water partition coefficient (Wildman–Crippen LogP) is 2.23. The number of benzene rings is 1. The molecule has 0 aromatic heterocycles. The Labute approximate surface area is 171 Å².